The number of hydrogen-bond acceptors (Lipinski definition) is 5. The summed E-state index contributed by atoms with van der Waals surface area (Å²) < 4.78 is 5.68. The lowest BCUT2D eigenvalue weighted by Gasteiger charge is -2.21. The number of nitrogens with two attached hydrogens (primary N) is 1. The van der Waals surface area contributed by atoms with Gasteiger partial charge in [0.25, 0.3) is 0 Å². The largest absolute Gasteiger partial charge is 0.491 e. The Morgan fingerprint density at radius 2 is 1.76 bits per heavy atom. The zero-order valence-electron chi connectivity index (χ0n) is 15.4. The number of anilines is 1. The highest BCUT2D eigenvalue weighted by Crippen LogP contribution is 2.22. The predicted octanol–water partition coefficient (Wildman–Crippen LogP) is 4.18. The van der Waals surface area contributed by atoms with Crippen LogP contribution in [0, 0.1) is 5.41 Å². The number of nitrogens with zero attached hydrogens (tertiary/aromatic N) is 2. The third-order valence-corrected chi connectivity index (χ3v) is 4.11. The number of aliphatic imine (C=N–C) groups is 1. The standard InChI is InChI=1S/C20H28N4O/c1-4-7-12-25-20-14-19(17(21)13-18(20)22)23-15-8-10-16(11-9-15)24(5-2)6-3/h8-11,13-14,22H,4-7,12,21H2,1-3H3/b22-18?,23-19-. The number of unbranched alkanes of at least 4 members (excludes halogenated alkanes) is 1. The van der Waals surface area contributed by atoms with Crippen molar-refractivity contribution < 1.29 is 4.74 Å². The van der Waals surface area contributed by atoms with Gasteiger partial charge in [0.15, 0.2) is 0 Å². The van der Waals surface area contributed by atoms with E-state index in [0.717, 1.165) is 31.6 Å². The van der Waals surface area contributed by atoms with Gasteiger partial charge in [0.2, 0.25) is 0 Å². The fourth-order valence-electron chi connectivity index (χ4n) is 2.59. The van der Waals surface area contributed by atoms with Gasteiger partial charge in [-0.15, -0.1) is 0 Å². The van der Waals surface area contributed by atoms with E-state index >= 15 is 0 Å². The van der Waals surface area contributed by atoms with Gasteiger partial charge in [0.05, 0.1) is 29.4 Å². The van der Waals surface area contributed by atoms with Crippen molar-refractivity contribution >= 4 is 22.8 Å². The van der Waals surface area contributed by atoms with E-state index in [1.165, 1.54) is 5.69 Å². The molecule has 0 amide bonds. The molecule has 5 nitrogen and oxygen atoms in total. The molecule has 3 N–H and O–H groups in total. The van der Waals surface area contributed by atoms with E-state index in [4.69, 9.17) is 15.9 Å². The van der Waals surface area contributed by atoms with Gasteiger partial charge < -0.3 is 15.4 Å². The van der Waals surface area contributed by atoms with E-state index in [9.17, 15) is 0 Å². The summed E-state index contributed by atoms with van der Waals surface area (Å²) in [5.41, 5.74) is 9.47. The lowest BCUT2D eigenvalue weighted by Crippen LogP contribution is -2.21. The maximum absolute atomic E-state index is 7.99. The lowest BCUT2D eigenvalue weighted by molar-refractivity contribution is 0.226. The van der Waals surface area contributed by atoms with Crippen LogP contribution < -0.4 is 10.6 Å². The van der Waals surface area contributed by atoms with Crippen molar-refractivity contribution in [3.05, 3.63) is 47.9 Å². The van der Waals surface area contributed by atoms with Crippen molar-refractivity contribution in [3.63, 3.8) is 0 Å². The summed E-state index contributed by atoms with van der Waals surface area (Å²) in [6, 6.07) is 8.11. The molecule has 0 saturated carbocycles. The Morgan fingerprint density at radius 3 is 2.36 bits per heavy atom. The molecular formula is C20H28N4O. The Bertz CT molecular complexity index is 682. The van der Waals surface area contributed by atoms with E-state index in [-0.39, 0.29) is 0 Å². The first-order chi connectivity index (χ1) is 12.1. The summed E-state index contributed by atoms with van der Waals surface area (Å²) in [7, 11) is 0. The normalized spacial score (nSPS) is 15.8. The molecule has 0 saturated heterocycles. The highest BCUT2D eigenvalue weighted by Gasteiger charge is 2.15. The van der Waals surface area contributed by atoms with Crippen LogP contribution in [0.2, 0.25) is 0 Å². The fourth-order valence-corrected chi connectivity index (χ4v) is 2.59. The molecule has 0 spiro atoms. The van der Waals surface area contributed by atoms with Crippen LogP contribution in [0.4, 0.5) is 11.4 Å². The number of rotatable bonds is 8. The molecule has 1 aliphatic rings. The molecule has 5 heteroatoms. The van der Waals surface area contributed by atoms with Gasteiger partial charge in [-0.25, -0.2) is 4.99 Å². The van der Waals surface area contributed by atoms with Crippen LogP contribution in [0.1, 0.15) is 33.6 Å². The smallest absolute Gasteiger partial charge is 0.146 e. The van der Waals surface area contributed by atoms with E-state index in [1.807, 2.05) is 12.1 Å². The first-order valence-corrected chi connectivity index (χ1v) is 8.93. The predicted molar refractivity (Wildman–Crippen MR) is 106 cm³/mol. The molecule has 1 aliphatic carbocycles. The van der Waals surface area contributed by atoms with Gasteiger partial charge in [0.1, 0.15) is 5.76 Å². The zero-order valence-corrected chi connectivity index (χ0v) is 15.4. The summed E-state index contributed by atoms with van der Waals surface area (Å²) in [4.78, 5) is 6.90. The van der Waals surface area contributed by atoms with E-state index in [1.54, 1.807) is 12.2 Å². The molecule has 0 aliphatic heterocycles. The number of nitrogens with one attached hydrogen (secondary N) is 1. The average Bonchev–Trinajstić information content (AvgIpc) is 2.61. The Hall–Kier alpha value is -2.56. The van der Waals surface area contributed by atoms with Gasteiger partial charge >= 0.3 is 0 Å². The molecule has 25 heavy (non-hydrogen) atoms. The summed E-state index contributed by atoms with van der Waals surface area (Å²) in [5.74, 6) is 0.529. The van der Waals surface area contributed by atoms with E-state index < -0.39 is 0 Å². The second kappa shape index (κ2) is 9.06. The van der Waals surface area contributed by atoms with Crippen molar-refractivity contribution in [1.82, 2.24) is 0 Å². The van der Waals surface area contributed by atoms with Crippen LogP contribution in [0.3, 0.4) is 0 Å². The maximum atomic E-state index is 7.99. The molecule has 0 bridgehead atoms. The molecule has 0 unspecified atom stereocenters. The summed E-state index contributed by atoms with van der Waals surface area (Å²) in [6.07, 6.45) is 5.37. The van der Waals surface area contributed by atoms with Crippen molar-refractivity contribution in [2.75, 3.05) is 24.6 Å². The highest BCUT2D eigenvalue weighted by atomic mass is 16.5. The quantitative estimate of drug-likeness (QED) is 0.550. The summed E-state index contributed by atoms with van der Waals surface area (Å²) in [6.45, 7) is 8.95. The minimum Gasteiger partial charge on any atom is -0.491 e. The maximum Gasteiger partial charge on any atom is 0.146 e. The summed E-state index contributed by atoms with van der Waals surface area (Å²) >= 11 is 0. The second-order valence-corrected chi connectivity index (χ2v) is 5.91. The van der Waals surface area contributed by atoms with Gasteiger partial charge in [-0.2, -0.15) is 0 Å². The van der Waals surface area contributed by atoms with Crippen LogP contribution in [-0.2, 0) is 4.74 Å². The van der Waals surface area contributed by atoms with E-state index in [0.29, 0.717) is 29.5 Å². The number of hydrogen-bond donors (Lipinski definition) is 2. The second-order valence-electron chi connectivity index (χ2n) is 5.91. The van der Waals surface area contributed by atoms with E-state index in [2.05, 4.69) is 42.8 Å². The minimum absolute atomic E-state index is 0.296. The van der Waals surface area contributed by atoms with Crippen LogP contribution in [0.15, 0.2) is 52.9 Å². The Morgan fingerprint density at radius 1 is 1.08 bits per heavy atom. The first-order valence-electron chi connectivity index (χ1n) is 8.93. The highest BCUT2D eigenvalue weighted by molar-refractivity contribution is 6.22. The topological polar surface area (TPSA) is 74.7 Å². The van der Waals surface area contributed by atoms with Crippen LogP contribution >= 0.6 is 0 Å². The van der Waals surface area contributed by atoms with Gasteiger partial charge in [-0.05, 0) is 50.6 Å². The molecular weight excluding hydrogens is 312 g/mol. The van der Waals surface area contributed by atoms with Crippen molar-refractivity contribution in [2.24, 2.45) is 10.7 Å². The monoisotopic (exact) mass is 340 g/mol. The lowest BCUT2D eigenvalue weighted by atomic mass is 10.1. The minimum atomic E-state index is 0.296. The van der Waals surface area contributed by atoms with Crippen LogP contribution in [0.5, 0.6) is 0 Å². The average molecular weight is 340 g/mol. The summed E-state index contributed by atoms with van der Waals surface area (Å²) in [5, 5.41) is 7.99. The molecule has 0 aromatic heterocycles. The molecule has 1 aromatic rings. The third kappa shape index (κ3) is 4.95. The molecule has 0 atom stereocenters. The van der Waals surface area contributed by atoms with Crippen molar-refractivity contribution in [2.45, 2.75) is 33.6 Å². The molecule has 0 heterocycles. The molecule has 134 valence electrons. The molecule has 2 rings (SSSR count). The molecule has 1 aromatic carbocycles. The van der Waals surface area contributed by atoms with Crippen LogP contribution in [0.25, 0.3) is 0 Å². The first kappa shape index (κ1) is 18.8. The number of benzene rings is 1. The van der Waals surface area contributed by atoms with Gasteiger partial charge in [-0.3, -0.25) is 5.41 Å². The zero-order chi connectivity index (χ0) is 18.2. The third-order valence-electron chi connectivity index (χ3n) is 4.11. The fraction of sp³-hybridized carbons (Fsp3) is 0.400. The van der Waals surface area contributed by atoms with Crippen molar-refractivity contribution in [3.8, 4) is 0 Å². The molecule has 0 radical (unpaired) electrons. The number of ether oxygens (including phenoxy) is 1. The number of allylic oxidation sites excluding steroid dienone is 2. The Labute approximate surface area is 150 Å². The van der Waals surface area contributed by atoms with Gasteiger partial charge in [-0.1, -0.05) is 13.3 Å². The van der Waals surface area contributed by atoms with Gasteiger partial charge in [0, 0.05) is 24.9 Å². The Balaban J connectivity index is 2.20. The SMILES string of the molecule is CCCCOC1=C/C(=N/c2ccc(N(CC)CC)cc2)C(N)=CC1=N. The molecule has 0 fully saturated rings. The van der Waals surface area contributed by atoms with Crippen molar-refractivity contribution in [1.29, 1.82) is 5.41 Å². The Kier molecular flexibility index (Phi) is 6.81. The van der Waals surface area contributed by atoms with Crippen LogP contribution in [-0.4, -0.2) is 31.1 Å².